The largest absolute Gasteiger partial charge is 0.343 e. The van der Waals surface area contributed by atoms with Crippen molar-refractivity contribution >= 4 is 24.2 Å². The van der Waals surface area contributed by atoms with Gasteiger partial charge in [0.2, 0.25) is 5.91 Å². The molecule has 3 atom stereocenters. The monoisotopic (exact) mass is 351 g/mol. The second-order valence-corrected chi connectivity index (χ2v) is 6.95. The summed E-state index contributed by atoms with van der Waals surface area (Å²) in [4.78, 5) is 26.3. The van der Waals surface area contributed by atoms with Crippen LogP contribution >= 0.6 is 12.4 Å². The molecular formula is C18H26ClN3O2. The number of nitrogens with one attached hydrogen (secondary N) is 1. The number of hydrogen-bond acceptors (Lipinski definition) is 3. The van der Waals surface area contributed by atoms with Crippen LogP contribution in [-0.2, 0) is 4.79 Å². The van der Waals surface area contributed by atoms with Crippen molar-refractivity contribution in [1.82, 2.24) is 10.2 Å². The number of aryl methyl sites for hydroxylation is 2. The highest BCUT2D eigenvalue weighted by Gasteiger charge is 2.42. The molecule has 1 saturated carbocycles. The van der Waals surface area contributed by atoms with Crippen molar-refractivity contribution < 1.29 is 9.59 Å². The van der Waals surface area contributed by atoms with Crippen LogP contribution in [0.5, 0.6) is 0 Å². The Labute approximate surface area is 149 Å². The number of benzene rings is 1. The lowest BCUT2D eigenvalue weighted by atomic mass is 9.98. The molecule has 0 spiro atoms. The van der Waals surface area contributed by atoms with Gasteiger partial charge in [-0.15, -0.1) is 12.4 Å². The number of amides is 2. The Kier molecular flexibility index (Phi) is 5.88. The zero-order valence-electron chi connectivity index (χ0n) is 14.2. The minimum atomic E-state index is -0.197. The third-order valence-electron chi connectivity index (χ3n) is 5.43. The Morgan fingerprint density at radius 2 is 1.96 bits per heavy atom. The van der Waals surface area contributed by atoms with Gasteiger partial charge in [0.05, 0.1) is 6.54 Å². The van der Waals surface area contributed by atoms with Crippen LogP contribution in [0.1, 0.15) is 34.3 Å². The topological polar surface area (TPSA) is 75.4 Å². The van der Waals surface area contributed by atoms with Crippen LogP contribution in [0, 0.1) is 25.7 Å². The van der Waals surface area contributed by atoms with Crippen LogP contribution in [-0.4, -0.2) is 42.4 Å². The fourth-order valence-corrected chi connectivity index (χ4v) is 3.76. The Bertz CT molecular complexity index is 635. The van der Waals surface area contributed by atoms with Gasteiger partial charge in [-0.05, 0) is 61.8 Å². The fourth-order valence-electron chi connectivity index (χ4n) is 3.76. The zero-order chi connectivity index (χ0) is 16.6. The molecule has 1 aromatic carbocycles. The second kappa shape index (κ2) is 7.53. The van der Waals surface area contributed by atoms with Gasteiger partial charge in [-0.25, -0.2) is 0 Å². The van der Waals surface area contributed by atoms with Gasteiger partial charge in [0, 0.05) is 24.7 Å². The van der Waals surface area contributed by atoms with E-state index in [-0.39, 0.29) is 36.8 Å². The lowest BCUT2D eigenvalue weighted by Gasteiger charge is -2.19. The Hall–Kier alpha value is -1.59. The zero-order valence-corrected chi connectivity index (χ0v) is 15.1. The van der Waals surface area contributed by atoms with Gasteiger partial charge in [-0.1, -0.05) is 6.07 Å². The summed E-state index contributed by atoms with van der Waals surface area (Å²) in [5.74, 6) is 0.778. The maximum Gasteiger partial charge on any atom is 0.251 e. The van der Waals surface area contributed by atoms with Crippen LogP contribution in [0.4, 0.5) is 0 Å². The Morgan fingerprint density at radius 3 is 2.62 bits per heavy atom. The van der Waals surface area contributed by atoms with Gasteiger partial charge in [-0.2, -0.15) is 0 Å². The molecular weight excluding hydrogens is 326 g/mol. The number of rotatable bonds is 3. The summed E-state index contributed by atoms with van der Waals surface area (Å²) in [5.41, 5.74) is 8.92. The lowest BCUT2D eigenvalue weighted by molar-refractivity contribution is -0.129. The second-order valence-electron chi connectivity index (χ2n) is 6.95. The summed E-state index contributed by atoms with van der Waals surface area (Å²) in [6, 6.07) is 5.80. The number of halogens is 1. The molecule has 0 aromatic heterocycles. The van der Waals surface area contributed by atoms with Gasteiger partial charge >= 0.3 is 0 Å². The van der Waals surface area contributed by atoms with Crippen molar-refractivity contribution in [1.29, 1.82) is 0 Å². The molecule has 1 aliphatic heterocycles. The highest BCUT2D eigenvalue weighted by molar-refractivity contribution is 5.96. The number of likely N-dealkylation sites (tertiary alicyclic amines) is 1. The van der Waals surface area contributed by atoms with E-state index in [0.717, 1.165) is 37.1 Å². The molecule has 5 nitrogen and oxygen atoms in total. The van der Waals surface area contributed by atoms with Gasteiger partial charge < -0.3 is 16.0 Å². The number of nitrogens with two attached hydrogens (primary N) is 1. The minimum Gasteiger partial charge on any atom is -0.343 e. The molecule has 1 heterocycles. The summed E-state index contributed by atoms with van der Waals surface area (Å²) in [6.45, 7) is 5.57. The third kappa shape index (κ3) is 3.73. The molecule has 1 aliphatic carbocycles. The predicted octanol–water partition coefficient (Wildman–Crippen LogP) is 1.65. The fraction of sp³-hybridized carbons (Fsp3) is 0.556. The maximum atomic E-state index is 12.3. The molecule has 6 heteroatoms. The van der Waals surface area contributed by atoms with Crippen molar-refractivity contribution in [3.63, 3.8) is 0 Å². The number of nitrogens with zero attached hydrogens (tertiary/aromatic N) is 1. The SMILES string of the molecule is Cc1ccc(C(=O)NCC(=O)N2CC3CCC(N)C3C2)cc1C.Cl. The van der Waals surface area contributed by atoms with Crippen LogP contribution in [0.3, 0.4) is 0 Å². The van der Waals surface area contributed by atoms with E-state index in [1.807, 2.05) is 30.9 Å². The minimum absolute atomic E-state index is 0. The molecule has 2 fully saturated rings. The van der Waals surface area contributed by atoms with E-state index >= 15 is 0 Å². The summed E-state index contributed by atoms with van der Waals surface area (Å²) >= 11 is 0. The van der Waals surface area contributed by atoms with Crippen molar-refractivity contribution in [3.05, 3.63) is 34.9 Å². The van der Waals surface area contributed by atoms with Gasteiger partial charge in [-0.3, -0.25) is 9.59 Å². The first-order chi connectivity index (χ1) is 11.0. The van der Waals surface area contributed by atoms with E-state index in [9.17, 15) is 9.59 Å². The molecule has 3 rings (SSSR count). The van der Waals surface area contributed by atoms with Crippen molar-refractivity contribution in [2.75, 3.05) is 19.6 Å². The molecule has 1 saturated heterocycles. The van der Waals surface area contributed by atoms with E-state index in [2.05, 4.69) is 5.32 Å². The molecule has 3 N–H and O–H groups in total. The molecule has 132 valence electrons. The first kappa shape index (κ1) is 18.7. The maximum absolute atomic E-state index is 12.3. The van der Waals surface area contributed by atoms with Crippen LogP contribution in [0.25, 0.3) is 0 Å². The highest BCUT2D eigenvalue weighted by Crippen LogP contribution is 2.36. The van der Waals surface area contributed by atoms with E-state index in [1.165, 1.54) is 0 Å². The smallest absolute Gasteiger partial charge is 0.251 e. The predicted molar refractivity (Wildman–Crippen MR) is 96.3 cm³/mol. The standard InChI is InChI=1S/C18H25N3O2.ClH/c1-11-3-4-13(7-12(11)2)18(23)20-8-17(22)21-9-14-5-6-16(19)15(14)10-21;/h3-4,7,14-16H,5-6,8-10,19H2,1-2H3,(H,20,23);1H. The molecule has 2 amide bonds. The first-order valence-corrected chi connectivity index (χ1v) is 8.34. The van der Waals surface area contributed by atoms with Gasteiger partial charge in [0.15, 0.2) is 0 Å². The molecule has 0 bridgehead atoms. The van der Waals surface area contributed by atoms with Crippen molar-refractivity contribution in [3.8, 4) is 0 Å². The van der Waals surface area contributed by atoms with Crippen LogP contribution in [0.15, 0.2) is 18.2 Å². The summed E-state index contributed by atoms with van der Waals surface area (Å²) in [7, 11) is 0. The summed E-state index contributed by atoms with van der Waals surface area (Å²) < 4.78 is 0. The molecule has 0 radical (unpaired) electrons. The van der Waals surface area contributed by atoms with Crippen LogP contribution < -0.4 is 11.1 Å². The number of hydrogen-bond donors (Lipinski definition) is 2. The molecule has 2 aliphatic rings. The average molecular weight is 352 g/mol. The van der Waals surface area contributed by atoms with E-state index in [0.29, 0.717) is 17.4 Å². The Balaban J connectivity index is 0.00000208. The summed E-state index contributed by atoms with van der Waals surface area (Å²) in [5, 5.41) is 2.74. The lowest BCUT2D eigenvalue weighted by Crippen LogP contribution is -2.40. The summed E-state index contributed by atoms with van der Waals surface area (Å²) in [6.07, 6.45) is 2.19. The van der Waals surface area contributed by atoms with Gasteiger partial charge in [0.25, 0.3) is 5.91 Å². The number of fused-ring (bicyclic) bond motifs is 1. The van der Waals surface area contributed by atoms with E-state index < -0.39 is 0 Å². The quantitative estimate of drug-likeness (QED) is 0.869. The van der Waals surface area contributed by atoms with E-state index in [4.69, 9.17) is 5.73 Å². The molecule has 24 heavy (non-hydrogen) atoms. The van der Waals surface area contributed by atoms with Crippen molar-refractivity contribution in [2.24, 2.45) is 17.6 Å². The van der Waals surface area contributed by atoms with E-state index in [1.54, 1.807) is 6.07 Å². The average Bonchev–Trinajstić information content (AvgIpc) is 3.10. The molecule has 1 aromatic rings. The molecule has 3 unspecified atom stereocenters. The first-order valence-electron chi connectivity index (χ1n) is 8.34. The third-order valence-corrected chi connectivity index (χ3v) is 5.43. The normalized spacial score (nSPS) is 25.1. The van der Waals surface area contributed by atoms with Gasteiger partial charge in [0.1, 0.15) is 0 Å². The highest BCUT2D eigenvalue weighted by atomic mass is 35.5. The van der Waals surface area contributed by atoms with Crippen LogP contribution in [0.2, 0.25) is 0 Å². The number of carbonyl (C=O) groups is 2. The number of carbonyl (C=O) groups excluding carboxylic acids is 2. The Morgan fingerprint density at radius 1 is 1.21 bits per heavy atom. The van der Waals surface area contributed by atoms with Crippen molar-refractivity contribution in [2.45, 2.75) is 32.7 Å².